The van der Waals surface area contributed by atoms with E-state index in [0.29, 0.717) is 31.6 Å². The Labute approximate surface area is 258 Å². The summed E-state index contributed by atoms with van der Waals surface area (Å²) in [6.45, 7) is 5.46. The van der Waals surface area contributed by atoms with E-state index in [1.54, 1.807) is 19.1 Å². The van der Waals surface area contributed by atoms with Gasteiger partial charge >= 0.3 is 0 Å². The third kappa shape index (κ3) is 8.81. The number of carbonyl (C=O) groups excluding carboxylic acids is 5. The molecule has 11 nitrogen and oxygen atoms in total. The van der Waals surface area contributed by atoms with Crippen LogP contribution in [0.5, 0.6) is 5.75 Å². The van der Waals surface area contributed by atoms with E-state index in [4.69, 9.17) is 4.74 Å². The highest BCUT2D eigenvalue weighted by Crippen LogP contribution is 2.20. The van der Waals surface area contributed by atoms with Crippen LogP contribution < -0.4 is 20.7 Å². The second-order valence-electron chi connectivity index (χ2n) is 11.8. The van der Waals surface area contributed by atoms with Crippen LogP contribution >= 0.6 is 0 Å². The first kappa shape index (κ1) is 32.5. The lowest BCUT2D eigenvalue weighted by Gasteiger charge is -2.31. The number of hydrogen-bond donors (Lipinski definition) is 3. The van der Waals surface area contributed by atoms with Crippen molar-refractivity contribution in [2.24, 2.45) is 5.92 Å². The molecule has 3 N–H and O–H groups in total. The van der Waals surface area contributed by atoms with E-state index in [2.05, 4.69) is 16.0 Å². The van der Waals surface area contributed by atoms with Crippen molar-refractivity contribution in [1.82, 2.24) is 25.8 Å². The normalized spacial score (nSPS) is 23.6. The van der Waals surface area contributed by atoms with Crippen LogP contribution in [0.15, 0.2) is 60.7 Å². The summed E-state index contributed by atoms with van der Waals surface area (Å²) < 4.78 is 5.73. The first-order valence-electron chi connectivity index (χ1n) is 15.3. The molecular formula is C33H43N5O6. The van der Waals surface area contributed by atoms with Crippen molar-refractivity contribution >= 4 is 29.5 Å². The van der Waals surface area contributed by atoms with Crippen molar-refractivity contribution in [1.29, 1.82) is 0 Å². The van der Waals surface area contributed by atoms with Gasteiger partial charge in [0.1, 0.15) is 23.9 Å². The van der Waals surface area contributed by atoms with Gasteiger partial charge in [-0.25, -0.2) is 0 Å². The molecule has 2 aliphatic heterocycles. The number of ether oxygens (including phenoxy) is 1. The molecule has 4 atom stereocenters. The summed E-state index contributed by atoms with van der Waals surface area (Å²) in [5.41, 5.74) is 0.936. The molecule has 2 aromatic rings. The van der Waals surface area contributed by atoms with Crippen LogP contribution in [0, 0.1) is 5.92 Å². The van der Waals surface area contributed by atoms with E-state index in [1.165, 1.54) is 9.80 Å². The molecule has 0 bridgehead atoms. The van der Waals surface area contributed by atoms with E-state index in [0.717, 1.165) is 5.56 Å². The second kappa shape index (κ2) is 15.4. The molecule has 44 heavy (non-hydrogen) atoms. The van der Waals surface area contributed by atoms with Crippen LogP contribution in [0.25, 0.3) is 0 Å². The predicted molar refractivity (Wildman–Crippen MR) is 164 cm³/mol. The molecular weight excluding hydrogens is 562 g/mol. The Morgan fingerprint density at radius 3 is 2.30 bits per heavy atom. The van der Waals surface area contributed by atoms with Gasteiger partial charge in [0.25, 0.3) is 0 Å². The SMILES string of the molecule is CC(C)[C@@H]1NC(=O)[C@H]2CCCN2C(=O)[C@H](C)NC(=O)CN(C(=O)CCOc2ccccc2)C[C@H](Cc2ccccc2)NC1=O. The van der Waals surface area contributed by atoms with E-state index in [9.17, 15) is 24.0 Å². The quantitative estimate of drug-likeness (QED) is 0.439. The molecule has 2 heterocycles. The van der Waals surface area contributed by atoms with Crippen molar-refractivity contribution in [3.8, 4) is 5.75 Å². The molecule has 0 aromatic heterocycles. The van der Waals surface area contributed by atoms with Crippen LogP contribution in [-0.4, -0.2) is 89.7 Å². The van der Waals surface area contributed by atoms with Gasteiger partial charge in [0.15, 0.2) is 0 Å². The molecule has 0 unspecified atom stereocenters. The average Bonchev–Trinajstić information content (AvgIpc) is 3.49. The molecule has 2 aliphatic rings. The number of para-hydroxylation sites is 1. The lowest BCUT2D eigenvalue weighted by atomic mass is 10.00. The molecule has 2 aromatic carbocycles. The molecule has 0 spiro atoms. The van der Waals surface area contributed by atoms with Gasteiger partial charge in [0, 0.05) is 13.1 Å². The Morgan fingerprint density at radius 1 is 0.932 bits per heavy atom. The molecule has 2 saturated heterocycles. The molecule has 0 radical (unpaired) electrons. The maximum atomic E-state index is 13.7. The van der Waals surface area contributed by atoms with Gasteiger partial charge in [0.2, 0.25) is 29.5 Å². The summed E-state index contributed by atoms with van der Waals surface area (Å²) in [6.07, 6.45) is 1.50. The zero-order valence-electron chi connectivity index (χ0n) is 25.7. The zero-order valence-corrected chi connectivity index (χ0v) is 25.7. The fourth-order valence-electron chi connectivity index (χ4n) is 5.66. The summed E-state index contributed by atoms with van der Waals surface area (Å²) in [6, 6.07) is 15.6. The van der Waals surface area contributed by atoms with E-state index < -0.39 is 41.9 Å². The Morgan fingerprint density at radius 2 is 1.61 bits per heavy atom. The number of fused-ring (bicyclic) bond motifs is 1. The zero-order chi connectivity index (χ0) is 31.6. The standard InChI is InChI=1S/C33H43N5O6/c1-22(2)30-32(42)35-25(19-24-11-6-4-7-12-24)20-37(29(40)16-18-44-26-13-8-5-9-14-26)21-28(39)34-23(3)33(43)38-17-10-15-27(38)31(41)36-30/h4-9,11-14,22-23,25,27,30H,10,15-21H2,1-3H3,(H,34,39)(H,35,42)(H,36,41)/t23-,25-,27+,30-/m0/s1. The molecule has 236 valence electrons. The number of nitrogens with one attached hydrogen (secondary N) is 3. The van der Waals surface area contributed by atoms with Gasteiger partial charge in [-0.15, -0.1) is 0 Å². The van der Waals surface area contributed by atoms with Gasteiger partial charge < -0.3 is 30.5 Å². The number of rotatable bonds is 7. The minimum absolute atomic E-state index is 0.00277. The van der Waals surface area contributed by atoms with Crippen LogP contribution in [0.1, 0.15) is 45.6 Å². The van der Waals surface area contributed by atoms with Gasteiger partial charge in [-0.1, -0.05) is 62.4 Å². The predicted octanol–water partition coefficient (Wildman–Crippen LogP) is 1.66. The van der Waals surface area contributed by atoms with Crippen LogP contribution in [0.3, 0.4) is 0 Å². The highest BCUT2D eigenvalue weighted by molar-refractivity contribution is 5.95. The first-order chi connectivity index (χ1) is 21.1. The monoisotopic (exact) mass is 605 g/mol. The van der Waals surface area contributed by atoms with E-state index in [1.807, 2.05) is 62.4 Å². The largest absolute Gasteiger partial charge is 0.493 e. The molecule has 0 aliphatic carbocycles. The van der Waals surface area contributed by atoms with Gasteiger partial charge in [-0.05, 0) is 49.8 Å². The van der Waals surface area contributed by atoms with Crippen LogP contribution in [0.2, 0.25) is 0 Å². The second-order valence-corrected chi connectivity index (χ2v) is 11.8. The highest BCUT2D eigenvalue weighted by atomic mass is 16.5. The number of hydrogen-bond acceptors (Lipinski definition) is 6. The topological polar surface area (TPSA) is 137 Å². The van der Waals surface area contributed by atoms with Gasteiger partial charge in [-0.3, -0.25) is 24.0 Å². The van der Waals surface area contributed by atoms with Crippen molar-refractivity contribution in [3.05, 3.63) is 66.2 Å². The van der Waals surface area contributed by atoms with Crippen molar-refractivity contribution in [2.75, 3.05) is 26.2 Å². The molecule has 4 rings (SSSR count). The Bertz CT molecular complexity index is 1300. The molecule has 11 heteroatoms. The molecule has 2 fully saturated rings. The van der Waals surface area contributed by atoms with E-state index in [-0.39, 0.29) is 43.8 Å². The van der Waals surface area contributed by atoms with Crippen molar-refractivity contribution < 1.29 is 28.7 Å². The van der Waals surface area contributed by atoms with Crippen molar-refractivity contribution in [2.45, 2.75) is 70.6 Å². The molecule has 5 amide bonds. The lowest BCUT2D eigenvalue weighted by molar-refractivity contribution is -0.142. The summed E-state index contributed by atoms with van der Waals surface area (Å²) in [4.78, 5) is 70.1. The Hall–Kier alpha value is -4.41. The summed E-state index contributed by atoms with van der Waals surface area (Å²) in [5.74, 6) is -1.63. The number of amides is 5. The third-order valence-electron chi connectivity index (χ3n) is 7.96. The minimum atomic E-state index is -0.903. The fourth-order valence-corrected chi connectivity index (χ4v) is 5.66. The van der Waals surface area contributed by atoms with Crippen LogP contribution in [-0.2, 0) is 30.4 Å². The maximum absolute atomic E-state index is 13.7. The number of benzene rings is 2. The van der Waals surface area contributed by atoms with Gasteiger partial charge in [-0.2, -0.15) is 0 Å². The fraction of sp³-hybridized carbons (Fsp3) is 0.485. The third-order valence-corrected chi connectivity index (χ3v) is 7.96. The highest BCUT2D eigenvalue weighted by Gasteiger charge is 2.39. The van der Waals surface area contributed by atoms with Crippen LogP contribution in [0.4, 0.5) is 0 Å². The maximum Gasteiger partial charge on any atom is 0.245 e. The Kier molecular flexibility index (Phi) is 11.3. The average molecular weight is 606 g/mol. The summed E-state index contributed by atoms with van der Waals surface area (Å²) in [5, 5.41) is 8.66. The van der Waals surface area contributed by atoms with E-state index >= 15 is 0 Å². The summed E-state index contributed by atoms with van der Waals surface area (Å²) in [7, 11) is 0. The molecule has 0 saturated carbocycles. The van der Waals surface area contributed by atoms with Gasteiger partial charge in [0.05, 0.1) is 25.6 Å². The Balaban J connectivity index is 1.62. The minimum Gasteiger partial charge on any atom is -0.493 e. The number of carbonyl (C=O) groups is 5. The number of nitrogens with zero attached hydrogens (tertiary/aromatic N) is 2. The lowest BCUT2D eigenvalue weighted by Crippen LogP contribution is -2.58. The van der Waals surface area contributed by atoms with Crippen molar-refractivity contribution in [3.63, 3.8) is 0 Å². The summed E-state index contributed by atoms with van der Waals surface area (Å²) >= 11 is 0. The smallest absolute Gasteiger partial charge is 0.245 e. The first-order valence-corrected chi connectivity index (χ1v) is 15.3.